The van der Waals surface area contributed by atoms with E-state index >= 15 is 0 Å². The van der Waals surface area contributed by atoms with Gasteiger partial charge in [-0.05, 0) is 29.8 Å². The number of nitrogens with two attached hydrogens (primary N) is 1. The summed E-state index contributed by atoms with van der Waals surface area (Å²) in [5.74, 6) is 0.0364. The van der Waals surface area contributed by atoms with Crippen LogP contribution in [0, 0.1) is 0 Å². The average Bonchev–Trinajstić information content (AvgIpc) is 3.16. The van der Waals surface area contributed by atoms with Gasteiger partial charge in [0, 0.05) is 49.9 Å². The lowest BCUT2D eigenvalue weighted by Crippen LogP contribution is -2.51. The van der Waals surface area contributed by atoms with Gasteiger partial charge >= 0.3 is 6.03 Å². The summed E-state index contributed by atoms with van der Waals surface area (Å²) in [5, 5.41) is 11.3. The van der Waals surface area contributed by atoms with E-state index in [1.54, 1.807) is 22.8 Å². The van der Waals surface area contributed by atoms with Crippen LogP contribution in [-0.2, 0) is 4.79 Å². The van der Waals surface area contributed by atoms with E-state index in [9.17, 15) is 9.59 Å². The van der Waals surface area contributed by atoms with Crippen molar-refractivity contribution in [3.8, 4) is 0 Å². The van der Waals surface area contributed by atoms with Crippen molar-refractivity contribution in [2.45, 2.75) is 6.92 Å². The molecule has 3 amide bonds. The molecule has 3 aromatic rings. The monoisotopic (exact) mass is 404 g/mol. The summed E-state index contributed by atoms with van der Waals surface area (Å²) >= 11 is 0. The highest BCUT2D eigenvalue weighted by Gasteiger charge is 2.22. The van der Waals surface area contributed by atoms with E-state index in [-0.39, 0.29) is 11.9 Å². The first-order valence-electron chi connectivity index (χ1n) is 9.83. The molecule has 0 aliphatic carbocycles. The average molecular weight is 404 g/mol. The number of carbonyl (C=O) groups excluding carboxylic acids is 2. The number of hydrogen-bond acceptors (Lipinski definition) is 4. The Hall–Kier alpha value is -3.81. The fraction of sp³-hybridized carbons (Fsp3) is 0.227. The molecule has 1 aromatic heterocycles. The maximum absolute atomic E-state index is 12.5. The van der Waals surface area contributed by atoms with Crippen molar-refractivity contribution in [1.82, 2.24) is 20.0 Å². The van der Waals surface area contributed by atoms with Crippen LogP contribution in [0.1, 0.15) is 18.2 Å². The van der Waals surface area contributed by atoms with Crippen molar-refractivity contribution in [3.05, 3.63) is 53.7 Å². The Kier molecular flexibility index (Phi) is 5.38. The zero-order valence-electron chi connectivity index (χ0n) is 16.8. The Morgan fingerprint density at radius 2 is 1.80 bits per heavy atom. The van der Waals surface area contributed by atoms with Crippen LogP contribution in [0.25, 0.3) is 23.1 Å². The third-order valence-corrected chi connectivity index (χ3v) is 5.27. The van der Waals surface area contributed by atoms with Gasteiger partial charge in [0.2, 0.25) is 5.91 Å². The first kappa shape index (κ1) is 19.5. The zero-order valence-corrected chi connectivity index (χ0v) is 16.8. The minimum atomic E-state index is -0.191. The lowest BCUT2D eigenvalue weighted by molar-refractivity contribution is -0.130. The third kappa shape index (κ3) is 4.12. The highest BCUT2D eigenvalue weighted by molar-refractivity contribution is 5.92. The van der Waals surface area contributed by atoms with E-state index in [1.165, 1.54) is 0 Å². The Balaban J connectivity index is 1.41. The molecular formula is C22H24N6O2. The summed E-state index contributed by atoms with van der Waals surface area (Å²) < 4.78 is 0. The molecule has 154 valence electrons. The number of nitrogens with zero attached hydrogens (tertiary/aromatic N) is 3. The summed E-state index contributed by atoms with van der Waals surface area (Å²) in [6, 6.07) is 13.2. The minimum absolute atomic E-state index is 0.0364. The number of H-pyrrole nitrogens is 1. The molecule has 0 unspecified atom stereocenters. The lowest BCUT2D eigenvalue weighted by Gasteiger charge is -2.34. The molecule has 4 rings (SSSR count). The first-order valence-corrected chi connectivity index (χ1v) is 9.83. The number of benzene rings is 2. The van der Waals surface area contributed by atoms with Crippen LogP contribution < -0.4 is 11.1 Å². The molecule has 8 nitrogen and oxygen atoms in total. The number of aromatic nitrogens is 2. The van der Waals surface area contributed by atoms with E-state index in [2.05, 4.69) is 15.5 Å². The number of urea groups is 1. The largest absolute Gasteiger partial charge is 0.398 e. The number of aromatic amines is 1. The van der Waals surface area contributed by atoms with Crippen molar-refractivity contribution in [1.29, 1.82) is 0 Å². The second kappa shape index (κ2) is 8.28. The lowest BCUT2D eigenvalue weighted by atomic mass is 10.1. The second-order valence-electron chi connectivity index (χ2n) is 7.25. The van der Waals surface area contributed by atoms with E-state index in [0.29, 0.717) is 37.6 Å². The summed E-state index contributed by atoms with van der Waals surface area (Å²) in [6.45, 7) is 3.68. The van der Waals surface area contributed by atoms with Gasteiger partial charge in [-0.25, -0.2) is 4.79 Å². The van der Waals surface area contributed by atoms with E-state index in [1.807, 2.05) is 48.6 Å². The molecule has 0 spiro atoms. The van der Waals surface area contributed by atoms with Crippen molar-refractivity contribution in [3.63, 3.8) is 0 Å². The van der Waals surface area contributed by atoms with Gasteiger partial charge in [-0.15, -0.1) is 0 Å². The summed E-state index contributed by atoms with van der Waals surface area (Å²) in [4.78, 5) is 27.3. The third-order valence-electron chi connectivity index (χ3n) is 5.27. The van der Waals surface area contributed by atoms with Gasteiger partial charge in [-0.3, -0.25) is 9.89 Å². The summed E-state index contributed by atoms with van der Waals surface area (Å²) in [7, 11) is 0. The minimum Gasteiger partial charge on any atom is -0.398 e. The SMILES string of the molecule is CC(=O)N1CCN(C(=O)Nc2ccc(C=Cc3n[nH]c4ccccc34)c(N)c2)CC1. The highest BCUT2D eigenvalue weighted by atomic mass is 16.2. The molecule has 0 saturated carbocycles. The standard InChI is InChI=1S/C22H24N6O2/c1-15(29)27-10-12-28(13-11-27)22(30)24-17-8-6-16(19(23)14-17)7-9-21-18-4-2-3-5-20(18)25-26-21/h2-9,14H,10-13,23H2,1H3,(H,24,30)(H,25,26). The number of para-hydroxylation sites is 1. The number of rotatable bonds is 3. The molecule has 1 aliphatic rings. The fourth-order valence-electron chi connectivity index (χ4n) is 3.51. The van der Waals surface area contributed by atoms with Crippen LogP contribution in [0.15, 0.2) is 42.5 Å². The van der Waals surface area contributed by atoms with Crippen molar-refractivity contribution in [2.75, 3.05) is 37.2 Å². The van der Waals surface area contributed by atoms with E-state index in [4.69, 9.17) is 5.73 Å². The summed E-state index contributed by atoms with van der Waals surface area (Å²) in [5.41, 5.74) is 10.0. The van der Waals surface area contributed by atoms with Gasteiger partial charge in [-0.2, -0.15) is 5.10 Å². The number of nitrogen functional groups attached to an aromatic ring is 1. The number of piperazine rings is 1. The number of carbonyl (C=O) groups is 2. The number of fused-ring (bicyclic) bond motifs is 1. The highest BCUT2D eigenvalue weighted by Crippen LogP contribution is 2.22. The molecule has 8 heteroatoms. The Morgan fingerprint density at radius 1 is 1.07 bits per heavy atom. The van der Waals surface area contributed by atoms with Gasteiger partial charge in [0.05, 0.1) is 11.2 Å². The van der Waals surface area contributed by atoms with Crippen molar-refractivity contribution < 1.29 is 9.59 Å². The number of hydrogen-bond donors (Lipinski definition) is 3. The van der Waals surface area contributed by atoms with E-state index < -0.39 is 0 Å². The molecule has 30 heavy (non-hydrogen) atoms. The molecule has 1 aliphatic heterocycles. The Morgan fingerprint density at radius 3 is 2.53 bits per heavy atom. The number of anilines is 2. The molecule has 0 radical (unpaired) electrons. The van der Waals surface area contributed by atoms with Crippen LogP contribution in [0.2, 0.25) is 0 Å². The Labute approximate surface area is 174 Å². The van der Waals surface area contributed by atoms with Gasteiger partial charge < -0.3 is 20.9 Å². The van der Waals surface area contributed by atoms with Crippen molar-refractivity contribution >= 4 is 46.4 Å². The fourth-order valence-corrected chi connectivity index (χ4v) is 3.51. The molecule has 2 aromatic carbocycles. The first-order chi connectivity index (χ1) is 14.5. The maximum Gasteiger partial charge on any atom is 0.321 e. The predicted molar refractivity (Wildman–Crippen MR) is 119 cm³/mol. The van der Waals surface area contributed by atoms with Gasteiger partial charge in [-0.1, -0.05) is 30.3 Å². The molecular weight excluding hydrogens is 380 g/mol. The predicted octanol–water partition coefficient (Wildman–Crippen LogP) is 3.01. The molecule has 4 N–H and O–H groups in total. The van der Waals surface area contributed by atoms with Gasteiger partial charge in [0.1, 0.15) is 0 Å². The molecule has 0 bridgehead atoms. The molecule has 0 atom stereocenters. The summed E-state index contributed by atoms with van der Waals surface area (Å²) in [6.07, 6.45) is 3.82. The quantitative estimate of drug-likeness (QED) is 0.583. The smallest absolute Gasteiger partial charge is 0.321 e. The number of amides is 3. The molecule has 1 fully saturated rings. The van der Waals surface area contributed by atoms with Crippen LogP contribution in [0.3, 0.4) is 0 Å². The zero-order chi connectivity index (χ0) is 21.1. The maximum atomic E-state index is 12.5. The Bertz CT molecular complexity index is 1110. The van der Waals surface area contributed by atoms with Crippen LogP contribution in [0.5, 0.6) is 0 Å². The second-order valence-corrected chi connectivity index (χ2v) is 7.25. The van der Waals surface area contributed by atoms with Gasteiger partial charge in [0.25, 0.3) is 0 Å². The van der Waals surface area contributed by atoms with Crippen molar-refractivity contribution in [2.24, 2.45) is 0 Å². The van der Waals surface area contributed by atoms with Gasteiger partial charge in [0.15, 0.2) is 0 Å². The van der Waals surface area contributed by atoms with E-state index in [0.717, 1.165) is 22.2 Å². The molecule has 1 saturated heterocycles. The normalized spacial score (nSPS) is 14.4. The van der Waals surface area contributed by atoms with Crippen LogP contribution in [-0.4, -0.2) is 58.1 Å². The van der Waals surface area contributed by atoms with Crippen LogP contribution in [0.4, 0.5) is 16.2 Å². The topological polar surface area (TPSA) is 107 Å². The number of nitrogens with one attached hydrogen (secondary N) is 2. The van der Waals surface area contributed by atoms with Crippen LogP contribution >= 0.6 is 0 Å². The molecule has 2 heterocycles.